The number of alkyl carbamates (subject to hydrolysis) is 1. The Bertz CT molecular complexity index is 1600. The smallest absolute Gasteiger partial charge is 0.419 e. The fraction of sp³-hybridized carbons (Fsp3) is 0.367. The van der Waals surface area contributed by atoms with Gasteiger partial charge in [0.15, 0.2) is 0 Å². The van der Waals surface area contributed by atoms with E-state index in [0.29, 0.717) is 16.6 Å². The van der Waals surface area contributed by atoms with Crippen LogP contribution in [0.2, 0.25) is 0 Å². The predicted octanol–water partition coefficient (Wildman–Crippen LogP) is 3.86. The molecular formula is C30H36FN5O7. The first-order valence-electron chi connectivity index (χ1n) is 13.5. The van der Waals surface area contributed by atoms with E-state index in [9.17, 15) is 28.4 Å². The first kappa shape index (κ1) is 32.6. The van der Waals surface area contributed by atoms with Gasteiger partial charge in [-0.05, 0) is 76.1 Å². The van der Waals surface area contributed by atoms with Crippen molar-refractivity contribution < 1.29 is 33.0 Å². The van der Waals surface area contributed by atoms with E-state index in [4.69, 9.17) is 4.74 Å². The third-order valence-corrected chi connectivity index (χ3v) is 6.14. The first-order valence-corrected chi connectivity index (χ1v) is 13.5. The molecule has 1 aromatic carbocycles. The molecule has 0 bridgehead atoms. The summed E-state index contributed by atoms with van der Waals surface area (Å²) in [6, 6.07) is 7.41. The minimum Gasteiger partial charge on any atom is -0.453 e. The number of aromatic nitrogens is 2. The average Bonchev–Trinajstić information content (AvgIpc) is 3.28. The number of rotatable bonds is 9. The maximum absolute atomic E-state index is 14.0. The summed E-state index contributed by atoms with van der Waals surface area (Å²) in [6.45, 7) is 5.05. The topological polar surface area (TPSA) is 141 Å². The van der Waals surface area contributed by atoms with E-state index < -0.39 is 41.1 Å². The molecular weight excluding hydrogens is 561 g/mol. The van der Waals surface area contributed by atoms with Gasteiger partial charge in [0, 0.05) is 31.4 Å². The van der Waals surface area contributed by atoms with Gasteiger partial charge in [0.2, 0.25) is 11.8 Å². The number of anilines is 1. The van der Waals surface area contributed by atoms with Gasteiger partial charge in [-0.3, -0.25) is 14.4 Å². The van der Waals surface area contributed by atoms with Gasteiger partial charge in [-0.15, -0.1) is 0 Å². The SMILES string of the molecule is COC(=O)NC(CC/C=C/C(=O)N(C)C)C(=O)Nc1cccn(Cc2cc3cc(F)ccc3n2C(=O)OC(C)(C)C)c1=O. The van der Waals surface area contributed by atoms with Crippen molar-refractivity contribution in [2.75, 3.05) is 26.5 Å². The Morgan fingerprint density at radius 2 is 1.84 bits per heavy atom. The van der Waals surface area contributed by atoms with Crippen molar-refractivity contribution in [1.29, 1.82) is 0 Å². The zero-order chi connectivity index (χ0) is 31.9. The van der Waals surface area contributed by atoms with E-state index in [2.05, 4.69) is 15.4 Å². The molecule has 3 aromatic rings. The lowest BCUT2D eigenvalue weighted by Gasteiger charge is -2.21. The summed E-state index contributed by atoms with van der Waals surface area (Å²) in [5.41, 5.74) is -0.714. The number of halogens is 1. The molecule has 2 heterocycles. The van der Waals surface area contributed by atoms with E-state index in [0.717, 1.165) is 7.11 Å². The van der Waals surface area contributed by atoms with Gasteiger partial charge in [0.05, 0.1) is 19.2 Å². The molecule has 3 amide bonds. The predicted molar refractivity (Wildman–Crippen MR) is 158 cm³/mol. The third kappa shape index (κ3) is 8.77. The number of ether oxygens (including phenoxy) is 2. The fourth-order valence-corrected chi connectivity index (χ4v) is 4.10. The molecule has 0 spiro atoms. The molecule has 2 N–H and O–H groups in total. The number of carbonyl (C=O) groups is 4. The highest BCUT2D eigenvalue weighted by Crippen LogP contribution is 2.24. The summed E-state index contributed by atoms with van der Waals surface area (Å²) >= 11 is 0. The van der Waals surface area contributed by atoms with Crippen LogP contribution in [-0.2, 0) is 25.6 Å². The molecule has 13 heteroatoms. The van der Waals surface area contributed by atoms with Crippen LogP contribution in [0.3, 0.4) is 0 Å². The number of methoxy groups -OCH3 is 1. The molecule has 0 aliphatic rings. The van der Waals surface area contributed by atoms with Crippen LogP contribution in [0, 0.1) is 5.82 Å². The number of carbonyl (C=O) groups excluding carboxylic acids is 4. The number of hydrogen-bond acceptors (Lipinski definition) is 7. The van der Waals surface area contributed by atoms with Crippen molar-refractivity contribution in [2.45, 2.75) is 51.8 Å². The second-order valence-corrected chi connectivity index (χ2v) is 10.9. The van der Waals surface area contributed by atoms with Crippen molar-refractivity contribution in [2.24, 2.45) is 0 Å². The van der Waals surface area contributed by atoms with Gasteiger partial charge in [-0.1, -0.05) is 6.08 Å². The van der Waals surface area contributed by atoms with Crippen LogP contribution < -0.4 is 16.2 Å². The maximum atomic E-state index is 14.0. The fourth-order valence-electron chi connectivity index (χ4n) is 4.10. The van der Waals surface area contributed by atoms with Crippen LogP contribution in [0.25, 0.3) is 10.9 Å². The molecule has 0 fully saturated rings. The molecule has 12 nitrogen and oxygen atoms in total. The zero-order valence-electron chi connectivity index (χ0n) is 25.0. The lowest BCUT2D eigenvalue weighted by Crippen LogP contribution is -2.44. The monoisotopic (exact) mass is 597 g/mol. The molecule has 230 valence electrons. The Labute approximate surface area is 248 Å². The molecule has 0 saturated carbocycles. The van der Waals surface area contributed by atoms with Crippen LogP contribution in [0.5, 0.6) is 0 Å². The van der Waals surface area contributed by atoms with Gasteiger partial charge < -0.3 is 29.6 Å². The van der Waals surface area contributed by atoms with Crippen LogP contribution in [0.15, 0.2) is 59.5 Å². The number of benzene rings is 1. The minimum absolute atomic E-state index is 0.0755. The van der Waals surface area contributed by atoms with E-state index >= 15 is 0 Å². The number of nitrogens with zero attached hydrogens (tertiary/aromatic N) is 3. The molecule has 0 aliphatic carbocycles. The summed E-state index contributed by atoms with van der Waals surface area (Å²) in [4.78, 5) is 64.7. The Balaban J connectivity index is 1.88. The van der Waals surface area contributed by atoms with E-state index in [1.165, 1.54) is 56.6 Å². The van der Waals surface area contributed by atoms with Crippen molar-refractivity contribution in [3.05, 3.63) is 76.6 Å². The Hall–Kier alpha value is -4.94. The van der Waals surface area contributed by atoms with E-state index in [1.807, 2.05) is 0 Å². The Kier molecular flexibility index (Phi) is 10.5. The van der Waals surface area contributed by atoms with Crippen molar-refractivity contribution in [1.82, 2.24) is 19.4 Å². The van der Waals surface area contributed by atoms with Gasteiger partial charge in [0.1, 0.15) is 23.1 Å². The summed E-state index contributed by atoms with van der Waals surface area (Å²) in [7, 11) is 4.36. The van der Waals surface area contributed by atoms with E-state index in [-0.39, 0.29) is 31.0 Å². The molecule has 0 saturated heterocycles. The van der Waals surface area contributed by atoms with Gasteiger partial charge >= 0.3 is 12.2 Å². The first-order chi connectivity index (χ1) is 20.2. The van der Waals surface area contributed by atoms with Crippen LogP contribution in [0.4, 0.5) is 19.7 Å². The molecule has 43 heavy (non-hydrogen) atoms. The number of pyridine rings is 1. The Morgan fingerprint density at radius 3 is 2.49 bits per heavy atom. The number of nitrogens with one attached hydrogen (secondary N) is 2. The maximum Gasteiger partial charge on any atom is 0.419 e. The molecule has 0 aliphatic heterocycles. The molecule has 1 unspecified atom stereocenters. The quantitative estimate of drug-likeness (QED) is 0.357. The molecule has 2 aromatic heterocycles. The number of fused-ring (bicyclic) bond motifs is 1. The van der Waals surface area contributed by atoms with Gasteiger partial charge in [-0.25, -0.2) is 18.5 Å². The highest BCUT2D eigenvalue weighted by atomic mass is 19.1. The summed E-state index contributed by atoms with van der Waals surface area (Å²) in [5.74, 6) is -1.40. The number of amides is 3. The standard InChI is InChI=1S/C30H36FN5O7/c1-30(2,3)43-29(41)36-21(17-19-16-20(31)13-14-24(19)36)18-35-15-9-11-23(27(35)39)32-26(38)22(33-28(40)42-6)10-7-8-12-25(37)34(4)5/h8-9,11-17,22H,7,10,18H2,1-6H3,(H,32,38)(H,33,40)/b12-8+. The minimum atomic E-state index is -1.08. The summed E-state index contributed by atoms with van der Waals surface area (Å²) < 4.78 is 26.7. The Morgan fingerprint density at radius 1 is 1.12 bits per heavy atom. The van der Waals surface area contributed by atoms with Crippen molar-refractivity contribution in [3.63, 3.8) is 0 Å². The average molecular weight is 598 g/mol. The highest BCUT2D eigenvalue weighted by Gasteiger charge is 2.24. The zero-order valence-corrected chi connectivity index (χ0v) is 25.0. The second kappa shape index (κ2) is 13.8. The number of hydrogen-bond donors (Lipinski definition) is 2. The summed E-state index contributed by atoms with van der Waals surface area (Å²) in [5, 5.41) is 5.42. The summed E-state index contributed by atoms with van der Waals surface area (Å²) in [6.07, 6.45) is 3.26. The number of allylic oxidation sites excluding steroid dienone is 1. The van der Waals surface area contributed by atoms with E-state index in [1.54, 1.807) is 47.0 Å². The molecule has 1 atom stereocenters. The highest BCUT2D eigenvalue weighted by molar-refractivity contribution is 5.96. The largest absolute Gasteiger partial charge is 0.453 e. The third-order valence-electron chi connectivity index (χ3n) is 6.14. The lowest BCUT2D eigenvalue weighted by atomic mass is 10.1. The molecule has 3 rings (SSSR count). The van der Waals surface area contributed by atoms with Gasteiger partial charge in [0.25, 0.3) is 5.56 Å². The van der Waals surface area contributed by atoms with Crippen LogP contribution in [-0.4, -0.2) is 70.9 Å². The number of likely N-dealkylation sites (N-methyl/N-ethyl adjacent to an activating group) is 1. The normalized spacial score (nSPS) is 12.2. The molecule has 0 radical (unpaired) electrons. The van der Waals surface area contributed by atoms with Gasteiger partial charge in [-0.2, -0.15) is 0 Å². The van der Waals surface area contributed by atoms with Crippen molar-refractivity contribution >= 4 is 40.6 Å². The second-order valence-electron chi connectivity index (χ2n) is 10.9. The van der Waals surface area contributed by atoms with Crippen LogP contribution >= 0.6 is 0 Å². The lowest BCUT2D eigenvalue weighted by molar-refractivity contribution is -0.123. The van der Waals surface area contributed by atoms with Crippen molar-refractivity contribution in [3.8, 4) is 0 Å². The van der Waals surface area contributed by atoms with Crippen LogP contribution in [0.1, 0.15) is 39.3 Å².